The van der Waals surface area contributed by atoms with E-state index in [4.69, 9.17) is 4.74 Å². The number of carbonyl (C=O) groups excluding carboxylic acids is 1. The predicted molar refractivity (Wildman–Crippen MR) is 106 cm³/mol. The lowest BCUT2D eigenvalue weighted by atomic mass is 9.96. The molecule has 1 aromatic carbocycles. The zero-order valence-electron chi connectivity index (χ0n) is 16.5. The van der Waals surface area contributed by atoms with E-state index in [1.54, 1.807) is 23.1 Å². The summed E-state index contributed by atoms with van der Waals surface area (Å²) in [5.41, 5.74) is 1.17. The lowest BCUT2D eigenvalue weighted by molar-refractivity contribution is -0.131. The third kappa shape index (κ3) is 3.24. The van der Waals surface area contributed by atoms with E-state index in [0.717, 1.165) is 31.5 Å². The van der Waals surface area contributed by atoms with Crippen LogP contribution in [0.2, 0.25) is 0 Å². The van der Waals surface area contributed by atoms with Crippen LogP contribution in [0.1, 0.15) is 45.2 Å². The Kier molecular flexibility index (Phi) is 4.79. The van der Waals surface area contributed by atoms with Gasteiger partial charge in [-0.3, -0.25) is 10.1 Å². The van der Waals surface area contributed by atoms with E-state index in [9.17, 15) is 9.18 Å². The minimum absolute atomic E-state index is 0. The summed E-state index contributed by atoms with van der Waals surface area (Å²) < 4.78 is 20.0. The Morgan fingerprint density at radius 2 is 2.18 bits per heavy atom. The summed E-state index contributed by atoms with van der Waals surface area (Å²) in [5, 5.41) is 3.48. The molecule has 1 spiro atoms. The highest BCUT2D eigenvalue weighted by atomic mass is 19.1. The number of likely N-dealkylation sites (N-methyl/N-ethyl adjacent to an activating group) is 1. The third-order valence-electron chi connectivity index (χ3n) is 5.65. The molecule has 2 atom stereocenters. The Labute approximate surface area is 165 Å². The molecule has 150 valence electrons. The molecule has 1 aromatic heterocycles. The zero-order valence-corrected chi connectivity index (χ0v) is 16.5. The largest absolute Gasteiger partial charge is 0.494 e. The molecule has 2 aliphatic rings. The standard InChI is InChI=1S/C21H25FN4O2.H2/c1-4-28-14-5-6-16(22)15(12-14)18-11-13(2)23-19(24-18)17-7-8-21(25-17)9-10-26(3)20(21)27;/h5-6,11-12,17,25H,4,7-10H2,1-3H3;1H/t17-,21-;/m0./s1. The van der Waals surface area contributed by atoms with E-state index in [2.05, 4.69) is 15.3 Å². The third-order valence-corrected chi connectivity index (χ3v) is 5.65. The van der Waals surface area contributed by atoms with Crippen molar-refractivity contribution >= 4 is 5.91 Å². The van der Waals surface area contributed by atoms with Gasteiger partial charge >= 0.3 is 0 Å². The zero-order chi connectivity index (χ0) is 19.9. The second kappa shape index (κ2) is 7.13. The van der Waals surface area contributed by atoms with Gasteiger partial charge in [-0.15, -0.1) is 0 Å². The van der Waals surface area contributed by atoms with Crippen molar-refractivity contribution in [2.24, 2.45) is 0 Å². The Hall–Kier alpha value is -2.54. The molecule has 2 fully saturated rings. The fourth-order valence-corrected chi connectivity index (χ4v) is 4.20. The van der Waals surface area contributed by atoms with Gasteiger partial charge in [0, 0.05) is 26.3 Å². The van der Waals surface area contributed by atoms with Crippen LogP contribution in [0.4, 0.5) is 4.39 Å². The summed E-state index contributed by atoms with van der Waals surface area (Å²) in [7, 11) is 1.83. The normalized spacial score (nSPS) is 24.4. The average molecular weight is 386 g/mol. The van der Waals surface area contributed by atoms with Gasteiger partial charge in [0.15, 0.2) is 0 Å². The van der Waals surface area contributed by atoms with Gasteiger partial charge in [0.05, 0.1) is 18.3 Å². The highest BCUT2D eigenvalue weighted by Gasteiger charge is 2.50. The number of nitrogens with zero attached hydrogens (tertiary/aromatic N) is 3. The Morgan fingerprint density at radius 1 is 1.36 bits per heavy atom. The van der Waals surface area contributed by atoms with Crippen LogP contribution in [-0.4, -0.2) is 46.5 Å². The van der Waals surface area contributed by atoms with Crippen LogP contribution in [-0.2, 0) is 4.79 Å². The number of nitrogens with one attached hydrogen (secondary N) is 1. The molecule has 7 heteroatoms. The van der Waals surface area contributed by atoms with Crippen molar-refractivity contribution in [3.05, 3.63) is 41.6 Å². The average Bonchev–Trinajstić information content (AvgIpc) is 3.23. The van der Waals surface area contributed by atoms with E-state index in [0.29, 0.717) is 29.4 Å². The molecule has 6 nitrogen and oxygen atoms in total. The fraction of sp³-hybridized carbons (Fsp3) is 0.476. The van der Waals surface area contributed by atoms with E-state index in [-0.39, 0.29) is 19.2 Å². The fourth-order valence-electron chi connectivity index (χ4n) is 4.20. The molecule has 0 bridgehead atoms. The van der Waals surface area contributed by atoms with Crippen LogP contribution >= 0.6 is 0 Å². The molecule has 2 aliphatic heterocycles. The molecule has 2 aromatic rings. The number of hydrogen-bond donors (Lipinski definition) is 1. The number of aromatic nitrogens is 2. The first-order valence-electron chi connectivity index (χ1n) is 9.73. The Bertz CT molecular complexity index is 926. The van der Waals surface area contributed by atoms with Gasteiger partial charge in [0.25, 0.3) is 0 Å². The van der Waals surface area contributed by atoms with Gasteiger partial charge in [-0.1, -0.05) is 0 Å². The molecule has 3 heterocycles. The van der Waals surface area contributed by atoms with Crippen molar-refractivity contribution < 1.29 is 15.3 Å². The first-order chi connectivity index (χ1) is 13.4. The van der Waals surface area contributed by atoms with Crippen LogP contribution in [0.3, 0.4) is 0 Å². The summed E-state index contributed by atoms with van der Waals surface area (Å²) in [5.74, 6) is 0.999. The smallest absolute Gasteiger partial charge is 0.242 e. The first-order valence-corrected chi connectivity index (χ1v) is 9.73. The van der Waals surface area contributed by atoms with Gasteiger partial charge in [-0.05, 0) is 57.4 Å². The van der Waals surface area contributed by atoms with Crippen molar-refractivity contribution in [3.8, 4) is 17.0 Å². The minimum Gasteiger partial charge on any atom is -0.494 e. The van der Waals surface area contributed by atoms with Gasteiger partial charge in [-0.25, -0.2) is 14.4 Å². The second-order valence-electron chi connectivity index (χ2n) is 7.62. The molecule has 0 unspecified atom stereocenters. The van der Waals surface area contributed by atoms with Gasteiger partial charge in [0.1, 0.15) is 22.9 Å². The number of halogens is 1. The summed E-state index contributed by atoms with van der Waals surface area (Å²) in [6.07, 6.45) is 2.34. The topological polar surface area (TPSA) is 67.3 Å². The number of aryl methyl sites for hydroxylation is 1. The maximum atomic E-state index is 14.5. The summed E-state index contributed by atoms with van der Waals surface area (Å²) in [6.45, 7) is 5.03. The second-order valence-corrected chi connectivity index (χ2v) is 7.62. The number of likely N-dealkylation sites (tertiary alicyclic amines) is 1. The van der Waals surface area contributed by atoms with E-state index >= 15 is 0 Å². The van der Waals surface area contributed by atoms with Crippen LogP contribution in [0.5, 0.6) is 5.75 Å². The molecule has 1 amide bonds. The lowest BCUT2D eigenvalue weighted by Gasteiger charge is -2.23. The lowest BCUT2D eigenvalue weighted by Crippen LogP contribution is -2.47. The van der Waals surface area contributed by atoms with Crippen molar-refractivity contribution in [1.29, 1.82) is 0 Å². The van der Waals surface area contributed by atoms with Gasteiger partial charge in [-0.2, -0.15) is 0 Å². The van der Waals surface area contributed by atoms with E-state index in [1.807, 2.05) is 20.9 Å². The van der Waals surface area contributed by atoms with Crippen molar-refractivity contribution in [2.75, 3.05) is 20.2 Å². The van der Waals surface area contributed by atoms with Crippen LogP contribution in [0.25, 0.3) is 11.3 Å². The van der Waals surface area contributed by atoms with Crippen molar-refractivity contribution in [2.45, 2.75) is 44.7 Å². The summed E-state index contributed by atoms with van der Waals surface area (Å²) in [6, 6.07) is 6.34. The molecule has 2 saturated heterocycles. The molecular weight excluding hydrogens is 359 g/mol. The highest BCUT2D eigenvalue weighted by molar-refractivity contribution is 5.88. The van der Waals surface area contributed by atoms with Gasteiger partial charge < -0.3 is 9.64 Å². The number of hydrogen-bond acceptors (Lipinski definition) is 5. The predicted octanol–water partition coefficient (Wildman–Crippen LogP) is 3.26. The maximum Gasteiger partial charge on any atom is 0.242 e. The van der Waals surface area contributed by atoms with Crippen molar-refractivity contribution in [3.63, 3.8) is 0 Å². The quantitative estimate of drug-likeness (QED) is 0.874. The number of carbonyl (C=O) groups is 1. The SMILES string of the molecule is CCOc1ccc(F)c(-c2cc(C)nc([C@@H]3CC[C@@]4(CCN(C)C4=O)N3)n2)c1.[HH]. The molecule has 4 rings (SSSR count). The molecule has 28 heavy (non-hydrogen) atoms. The number of ether oxygens (including phenoxy) is 1. The summed E-state index contributed by atoms with van der Waals surface area (Å²) >= 11 is 0. The molecule has 0 aliphatic carbocycles. The number of amides is 1. The highest BCUT2D eigenvalue weighted by Crippen LogP contribution is 2.38. The van der Waals surface area contributed by atoms with Crippen molar-refractivity contribution in [1.82, 2.24) is 20.2 Å². The summed E-state index contributed by atoms with van der Waals surface area (Å²) in [4.78, 5) is 23.6. The monoisotopic (exact) mass is 386 g/mol. The Balaban J connectivity index is 0.00000240. The van der Waals surface area contributed by atoms with Crippen LogP contribution in [0.15, 0.2) is 24.3 Å². The first kappa shape index (κ1) is 18.8. The van der Waals surface area contributed by atoms with Crippen LogP contribution in [0, 0.1) is 12.7 Å². The number of benzene rings is 1. The Morgan fingerprint density at radius 3 is 2.89 bits per heavy atom. The van der Waals surface area contributed by atoms with E-state index < -0.39 is 5.54 Å². The van der Waals surface area contributed by atoms with E-state index in [1.165, 1.54) is 6.07 Å². The molecular formula is C21H27FN4O2. The minimum atomic E-state index is -0.507. The number of rotatable bonds is 4. The van der Waals surface area contributed by atoms with Crippen LogP contribution < -0.4 is 10.1 Å². The maximum absolute atomic E-state index is 14.5. The molecule has 0 saturated carbocycles. The van der Waals surface area contributed by atoms with Gasteiger partial charge in [0.2, 0.25) is 5.91 Å². The molecule has 0 radical (unpaired) electrons. The molecule has 1 N–H and O–H groups in total.